The maximum atomic E-state index is 12.1. The van der Waals surface area contributed by atoms with E-state index in [2.05, 4.69) is 27.4 Å². The molecular formula is C12H17N5OS. The minimum Gasteiger partial charge on any atom is -0.382 e. The summed E-state index contributed by atoms with van der Waals surface area (Å²) in [4.78, 5) is 17.7. The van der Waals surface area contributed by atoms with Crippen LogP contribution in [0.1, 0.15) is 45.8 Å². The van der Waals surface area contributed by atoms with Crippen molar-refractivity contribution in [1.29, 1.82) is 0 Å². The Hall–Kier alpha value is -1.89. The van der Waals surface area contributed by atoms with Crippen molar-refractivity contribution in [2.75, 3.05) is 5.73 Å². The Bertz CT molecular complexity index is 569. The standard InChI is InChI=1S/C12H17N5OS/c1-4-8-5-14-12(19-8)7(3)15-11(18)9-6(2)16-17-10(9)13/h5,7H,4H2,1-3H3,(H,15,18)(H3,13,16,17). The Morgan fingerprint density at radius 3 is 2.89 bits per heavy atom. The van der Waals surface area contributed by atoms with Gasteiger partial charge in [-0.2, -0.15) is 5.10 Å². The Balaban J connectivity index is 2.10. The van der Waals surface area contributed by atoms with Crippen LogP contribution in [0.4, 0.5) is 5.82 Å². The monoisotopic (exact) mass is 279 g/mol. The lowest BCUT2D eigenvalue weighted by Gasteiger charge is -2.11. The van der Waals surface area contributed by atoms with Crippen LogP contribution in [0.25, 0.3) is 0 Å². The van der Waals surface area contributed by atoms with E-state index in [4.69, 9.17) is 5.73 Å². The zero-order chi connectivity index (χ0) is 14.0. The molecule has 0 aromatic carbocycles. The molecule has 2 aromatic heterocycles. The normalized spacial score (nSPS) is 12.4. The fraction of sp³-hybridized carbons (Fsp3) is 0.417. The quantitative estimate of drug-likeness (QED) is 0.795. The van der Waals surface area contributed by atoms with Gasteiger partial charge in [-0.3, -0.25) is 9.89 Å². The SMILES string of the molecule is CCc1cnc(C(C)NC(=O)c2c(N)n[nH]c2C)s1. The molecule has 1 atom stereocenters. The van der Waals surface area contributed by atoms with Crippen molar-refractivity contribution >= 4 is 23.1 Å². The molecular weight excluding hydrogens is 262 g/mol. The Kier molecular flexibility index (Phi) is 3.84. The molecule has 0 saturated carbocycles. The van der Waals surface area contributed by atoms with E-state index < -0.39 is 0 Å². The van der Waals surface area contributed by atoms with Gasteiger partial charge in [0.1, 0.15) is 10.6 Å². The third kappa shape index (κ3) is 2.76. The molecule has 0 aliphatic heterocycles. The van der Waals surface area contributed by atoms with Gasteiger partial charge in [-0.25, -0.2) is 4.98 Å². The first kappa shape index (κ1) is 13.5. The molecule has 0 radical (unpaired) electrons. The second-order valence-electron chi connectivity index (χ2n) is 4.32. The van der Waals surface area contributed by atoms with Crippen molar-refractivity contribution in [1.82, 2.24) is 20.5 Å². The van der Waals surface area contributed by atoms with E-state index in [0.717, 1.165) is 11.4 Å². The number of nitrogen functional groups attached to an aromatic ring is 1. The molecule has 1 unspecified atom stereocenters. The fourth-order valence-electron chi connectivity index (χ4n) is 1.75. The minimum atomic E-state index is -0.232. The maximum Gasteiger partial charge on any atom is 0.257 e. The number of rotatable bonds is 4. The van der Waals surface area contributed by atoms with E-state index >= 15 is 0 Å². The van der Waals surface area contributed by atoms with E-state index in [1.165, 1.54) is 4.88 Å². The number of carbonyl (C=O) groups excluding carboxylic acids is 1. The van der Waals surface area contributed by atoms with Gasteiger partial charge >= 0.3 is 0 Å². The number of hydrogen-bond donors (Lipinski definition) is 3. The second kappa shape index (κ2) is 5.40. The van der Waals surface area contributed by atoms with Crippen LogP contribution in [0, 0.1) is 6.92 Å². The van der Waals surface area contributed by atoms with Gasteiger partial charge in [0.15, 0.2) is 5.82 Å². The van der Waals surface area contributed by atoms with Crippen LogP contribution in [0.2, 0.25) is 0 Å². The number of amides is 1. The highest BCUT2D eigenvalue weighted by Crippen LogP contribution is 2.21. The summed E-state index contributed by atoms with van der Waals surface area (Å²) in [6.07, 6.45) is 2.80. The summed E-state index contributed by atoms with van der Waals surface area (Å²) in [6, 6.07) is -0.147. The first-order valence-corrected chi connectivity index (χ1v) is 6.90. The fourth-order valence-corrected chi connectivity index (χ4v) is 2.61. The van der Waals surface area contributed by atoms with E-state index in [0.29, 0.717) is 11.3 Å². The van der Waals surface area contributed by atoms with Gasteiger partial charge in [0.25, 0.3) is 5.91 Å². The molecule has 2 rings (SSSR count). The van der Waals surface area contributed by atoms with Crippen LogP contribution < -0.4 is 11.1 Å². The van der Waals surface area contributed by atoms with Crippen LogP contribution in [0.5, 0.6) is 0 Å². The second-order valence-corrected chi connectivity index (χ2v) is 5.47. The summed E-state index contributed by atoms with van der Waals surface area (Å²) in [5.41, 5.74) is 6.73. The molecule has 19 heavy (non-hydrogen) atoms. The predicted molar refractivity (Wildman–Crippen MR) is 75.1 cm³/mol. The molecule has 102 valence electrons. The van der Waals surface area contributed by atoms with Crippen LogP contribution in [0.3, 0.4) is 0 Å². The zero-order valence-corrected chi connectivity index (χ0v) is 12.0. The number of aromatic amines is 1. The number of hydrogen-bond acceptors (Lipinski definition) is 5. The lowest BCUT2D eigenvalue weighted by molar-refractivity contribution is 0.0940. The maximum absolute atomic E-state index is 12.1. The van der Waals surface area contributed by atoms with Crippen molar-refractivity contribution in [3.63, 3.8) is 0 Å². The molecule has 2 heterocycles. The van der Waals surface area contributed by atoms with Crippen LogP contribution in [0.15, 0.2) is 6.20 Å². The van der Waals surface area contributed by atoms with Gasteiger partial charge in [-0.1, -0.05) is 6.92 Å². The summed E-state index contributed by atoms with van der Waals surface area (Å²) < 4.78 is 0. The van der Waals surface area contributed by atoms with Crippen molar-refractivity contribution in [3.05, 3.63) is 27.3 Å². The molecule has 4 N–H and O–H groups in total. The average Bonchev–Trinajstić information content (AvgIpc) is 2.96. The number of thiazole rings is 1. The number of aryl methyl sites for hydroxylation is 2. The third-order valence-electron chi connectivity index (χ3n) is 2.84. The summed E-state index contributed by atoms with van der Waals surface area (Å²) in [6.45, 7) is 5.75. The molecule has 0 bridgehead atoms. The molecule has 2 aromatic rings. The number of nitrogens with zero attached hydrogens (tertiary/aromatic N) is 2. The molecule has 7 heteroatoms. The number of nitrogens with one attached hydrogen (secondary N) is 2. The van der Waals surface area contributed by atoms with Crippen LogP contribution in [-0.2, 0) is 6.42 Å². The summed E-state index contributed by atoms with van der Waals surface area (Å²) >= 11 is 1.61. The van der Waals surface area contributed by atoms with E-state index in [9.17, 15) is 4.79 Å². The molecule has 1 amide bonds. The Morgan fingerprint density at radius 2 is 2.37 bits per heavy atom. The number of H-pyrrole nitrogens is 1. The summed E-state index contributed by atoms with van der Waals surface area (Å²) in [5.74, 6) is -0.0138. The van der Waals surface area contributed by atoms with Crippen molar-refractivity contribution in [2.24, 2.45) is 0 Å². The largest absolute Gasteiger partial charge is 0.382 e. The molecule has 0 saturated heterocycles. The Morgan fingerprint density at radius 1 is 1.63 bits per heavy atom. The summed E-state index contributed by atoms with van der Waals surface area (Å²) in [7, 11) is 0. The lowest BCUT2D eigenvalue weighted by Crippen LogP contribution is -2.27. The van der Waals surface area contributed by atoms with Crippen LogP contribution in [-0.4, -0.2) is 21.1 Å². The molecule has 6 nitrogen and oxygen atoms in total. The van der Waals surface area contributed by atoms with Gasteiger partial charge in [-0.05, 0) is 20.3 Å². The van der Waals surface area contributed by atoms with Crippen molar-refractivity contribution in [2.45, 2.75) is 33.2 Å². The van der Waals surface area contributed by atoms with Crippen LogP contribution >= 0.6 is 11.3 Å². The summed E-state index contributed by atoms with van der Waals surface area (Å²) in [5, 5.41) is 10.3. The molecule has 0 spiro atoms. The van der Waals surface area contributed by atoms with Gasteiger partial charge in [0.05, 0.1) is 6.04 Å². The lowest BCUT2D eigenvalue weighted by atomic mass is 10.2. The number of anilines is 1. The van der Waals surface area contributed by atoms with Gasteiger partial charge < -0.3 is 11.1 Å². The zero-order valence-electron chi connectivity index (χ0n) is 11.2. The highest BCUT2D eigenvalue weighted by Gasteiger charge is 2.19. The van der Waals surface area contributed by atoms with Crippen molar-refractivity contribution in [3.8, 4) is 0 Å². The Labute approximate surface area is 115 Å². The van der Waals surface area contributed by atoms with E-state index in [-0.39, 0.29) is 17.8 Å². The predicted octanol–water partition coefficient (Wildman–Crippen LogP) is 1.81. The number of nitrogens with two attached hydrogens (primary N) is 1. The first-order chi connectivity index (χ1) is 9.02. The molecule has 0 aliphatic rings. The minimum absolute atomic E-state index is 0.147. The van der Waals surface area contributed by atoms with Crippen molar-refractivity contribution < 1.29 is 4.79 Å². The van der Waals surface area contributed by atoms with E-state index in [1.807, 2.05) is 13.1 Å². The topological polar surface area (TPSA) is 96.7 Å². The smallest absolute Gasteiger partial charge is 0.257 e. The van der Waals surface area contributed by atoms with Gasteiger partial charge in [-0.15, -0.1) is 11.3 Å². The highest BCUT2D eigenvalue weighted by atomic mass is 32.1. The first-order valence-electron chi connectivity index (χ1n) is 6.08. The third-order valence-corrected chi connectivity index (χ3v) is 4.16. The van der Waals surface area contributed by atoms with Gasteiger partial charge in [0.2, 0.25) is 0 Å². The number of carbonyl (C=O) groups is 1. The number of aromatic nitrogens is 3. The van der Waals surface area contributed by atoms with Gasteiger partial charge in [0, 0.05) is 16.8 Å². The molecule has 0 aliphatic carbocycles. The highest BCUT2D eigenvalue weighted by molar-refractivity contribution is 7.11. The average molecular weight is 279 g/mol. The van der Waals surface area contributed by atoms with E-state index in [1.54, 1.807) is 18.3 Å². The molecule has 0 fully saturated rings.